The Balaban J connectivity index is 1.98. The number of carbonyl (C=O) groups is 1. The number of carbonyl (C=O) groups excluding carboxylic acids is 1. The lowest BCUT2D eigenvalue weighted by atomic mass is 10.2. The van der Waals surface area contributed by atoms with Gasteiger partial charge in [-0.05, 0) is 60.9 Å². The van der Waals surface area contributed by atoms with Crippen molar-refractivity contribution in [2.24, 2.45) is 5.10 Å². The molecule has 0 radical (unpaired) electrons. The van der Waals surface area contributed by atoms with E-state index in [-0.39, 0.29) is 6.54 Å². The Labute approximate surface area is 166 Å². The van der Waals surface area contributed by atoms with Gasteiger partial charge >= 0.3 is 0 Å². The molecule has 0 heterocycles. The van der Waals surface area contributed by atoms with Gasteiger partial charge in [0.1, 0.15) is 12.3 Å². The second kappa shape index (κ2) is 9.89. The highest BCUT2D eigenvalue weighted by molar-refractivity contribution is 7.92. The molecule has 150 valence electrons. The fourth-order valence-electron chi connectivity index (χ4n) is 2.40. The van der Waals surface area contributed by atoms with Gasteiger partial charge in [0, 0.05) is 0 Å². The van der Waals surface area contributed by atoms with E-state index in [9.17, 15) is 13.2 Å². The number of hydrogen-bond acceptors (Lipinski definition) is 5. The van der Waals surface area contributed by atoms with E-state index >= 15 is 0 Å². The number of ether oxygens (including phenoxy) is 1. The third-order valence-corrected chi connectivity index (χ3v) is 4.87. The molecule has 2 rings (SSSR count). The molecule has 2 aromatic carbocycles. The first kappa shape index (κ1) is 21.4. The zero-order valence-corrected chi connectivity index (χ0v) is 17.1. The van der Waals surface area contributed by atoms with Crippen LogP contribution in [0.5, 0.6) is 5.75 Å². The van der Waals surface area contributed by atoms with Crippen LogP contribution in [0.25, 0.3) is 0 Å². The van der Waals surface area contributed by atoms with Crippen molar-refractivity contribution < 1.29 is 17.9 Å². The van der Waals surface area contributed by atoms with Crippen LogP contribution in [0.1, 0.15) is 24.5 Å². The Morgan fingerprint density at radius 3 is 2.54 bits per heavy atom. The number of nitrogens with one attached hydrogen (secondary N) is 1. The molecule has 0 bridgehead atoms. The van der Waals surface area contributed by atoms with E-state index in [4.69, 9.17) is 4.74 Å². The molecule has 0 aliphatic heterocycles. The van der Waals surface area contributed by atoms with Crippen LogP contribution in [0.15, 0.2) is 53.6 Å². The minimum Gasteiger partial charge on any atom is -0.494 e. The average Bonchev–Trinajstić information content (AvgIpc) is 2.64. The molecule has 2 aromatic rings. The minimum atomic E-state index is -3.61. The number of hydrogen-bond donors (Lipinski definition) is 1. The zero-order chi connectivity index (χ0) is 20.6. The molecule has 0 aliphatic rings. The van der Waals surface area contributed by atoms with Crippen LogP contribution in [0.2, 0.25) is 0 Å². The van der Waals surface area contributed by atoms with Crippen molar-refractivity contribution in [1.82, 2.24) is 5.43 Å². The summed E-state index contributed by atoms with van der Waals surface area (Å²) in [6, 6.07) is 14.2. The maximum absolute atomic E-state index is 12.2. The summed E-state index contributed by atoms with van der Waals surface area (Å²) in [6.07, 6.45) is 3.48. The first-order valence-electron chi connectivity index (χ1n) is 8.88. The molecule has 28 heavy (non-hydrogen) atoms. The topological polar surface area (TPSA) is 88.1 Å². The van der Waals surface area contributed by atoms with Gasteiger partial charge in [-0.3, -0.25) is 9.10 Å². The van der Waals surface area contributed by atoms with Crippen molar-refractivity contribution in [1.29, 1.82) is 0 Å². The minimum absolute atomic E-state index is 0.358. The molecule has 0 aliphatic carbocycles. The molecule has 0 fully saturated rings. The molecule has 0 saturated heterocycles. The predicted octanol–water partition coefficient (Wildman–Crippen LogP) is 2.70. The van der Waals surface area contributed by atoms with E-state index in [1.54, 1.807) is 18.2 Å². The maximum atomic E-state index is 12.2. The van der Waals surface area contributed by atoms with Crippen LogP contribution in [0.4, 0.5) is 5.69 Å². The Morgan fingerprint density at radius 1 is 1.21 bits per heavy atom. The van der Waals surface area contributed by atoms with E-state index in [1.165, 1.54) is 6.21 Å². The number of benzene rings is 2. The lowest BCUT2D eigenvalue weighted by molar-refractivity contribution is -0.119. The Bertz CT molecular complexity index is 925. The number of nitrogens with zero attached hydrogens (tertiary/aromatic N) is 2. The van der Waals surface area contributed by atoms with Crippen LogP contribution in [0.3, 0.4) is 0 Å². The summed E-state index contributed by atoms with van der Waals surface area (Å²) in [5.41, 5.74) is 4.47. The monoisotopic (exact) mass is 403 g/mol. The van der Waals surface area contributed by atoms with E-state index in [2.05, 4.69) is 10.5 Å². The summed E-state index contributed by atoms with van der Waals surface area (Å²) in [7, 11) is -3.61. The van der Waals surface area contributed by atoms with Crippen LogP contribution in [-0.4, -0.2) is 39.9 Å². The maximum Gasteiger partial charge on any atom is 0.260 e. The van der Waals surface area contributed by atoms with Crippen LogP contribution in [0, 0.1) is 6.92 Å². The molecular weight excluding hydrogens is 378 g/mol. The van der Waals surface area contributed by atoms with E-state index in [0.29, 0.717) is 12.3 Å². The van der Waals surface area contributed by atoms with Crippen molar-refractivity contribution in [2.45, 2.75) is 20.3 Å². The quantitative estimate of drug-likeness (QED) is 0.515. The van der Waals surface area contributed by atoms with Gasteiger partial charge in [-0.15, -0.1) is 0 Å². The van der Waals surface area contributed by atoms with Crippen molar-refractivity contribution in [3.63, 3.8) is 0 Å². The van der Waals surface area contributed by atoms with Gasteiger partial charge in [0.25, 0.3) is 5.91 Å². The zero-order valence-electron chi connectivity index (χ0n) is 16.3. The fourth-order valence-corrected chi connectivity index (χ4v) is 3.25. The average molecular weight is 404 g/mol. The first-order valence-corrected chi connectivity index (χ1v) is 10.7. The summed E-state index contributed by atoms with van der Waals surface area (Å²) in [5.74, 6) is 0.232. The lowest BCUT2D eigenvalue weighted by Gasteiger charge is -2.21. The van der Waals surface area contributed by atoms with E-state index in [1.807, 2.05) is 44.2 Å². The highest BCUT2D eigenvalue weighted by Crippen LogP contribution is 2.18. The number of hydrazone groups is 1. The summed E-state index contributed by atoms with van der Waals surface area (Å²) in [4.78, 5) is 12.2. The predicted molar refractivity (Wildman–Crippen MR) is 111 cm³/mol. The molecule has 1 amide bonds. The van der Waals surface area contributed by atoms with E-state index < -0.39 is 15.9 Å². The van der Waals surface area contributed by atoms with Gasteiger partial charge in [-0.1, -0.05) is 19.1 Å². The Morgan fingerprint density at radius 2 is 1.93 bits per heavy atom. The standard InChI is InChI=1S/C20H25N3O4S/c1-4-12-27-19-10-8-17(9-11-19)14-21-22-20(24)15-23(28(3,25)26)18-7-5-6-16(2)13-18/h5-11,13-14H,4,12,15H2,1-3H3,(H,22,24)/b21-14-. The molecule has 7 nitrogen and oxygen atoms in total. The lowest BCUT2D eigenvalue weighted by Crippen LogP contribution is -2.39. The van der Waals surface area contributed by atoms with Crippen molar-refractivity contribution in [3.8, 4) is 5.75 Å². The third-order valence-electron chi connectivity index (χ3n) is 3.73. The highest BCUT2D eigenvalue weighted by atomic mass is 32.2. The van der Waals surface area contributed by atoms with Gasteiger partial charge in [0.05, 0.1) is 24.8 Å². The van der Waals surface area contributed by atoms with Crippen molar-refractivity contribution >= 4 is 27.8 Å². The Hall–Kier alpha value is -2.87. The van der Waals surface area contributed by atoms with Gasteiger partial charge in [-0.2, -0.15) is 5.10 Å². The number of anilines is 1. The smallest absolute Gasteiger partial charge is 0.260 e. The normalized spacial score (nSPS) is 11.4. The van der Waals surface area contributed by atoms with Crippen molar-refractivity contribution in [3.05, 3.63) is 59.7 Å². The summed E-state index contributed by atoms with van der Waals surface area (Å²) in [5, 5.41) is 3.89. The number of aryl methyl sites for hydroxylation is 1. The van der Waals surface area contributed by atoms with Gasteiger partial charge in [-0.25, -0.2) is 13.8 Å². The number of amides is 1. The van der Waals surface area contributed by atoms with Gasteiger partial charge in [0.15, 0.2) is 0 Å². The molecule has 0 saturated carbocycles. The molecule has 1 N–H and O–H groups in total. The van der Waals surface area contributed by atoms with Crippen LogP contribution < -0.4 is 14.5 Å². The van der Waals surface area contributed by atoms with Crippen molar-refractivity contribution in [2.75, 3.05) is 23.7 Å². The third kappa shape index (κ3) is 6.70. The highest BCUT2D eigenvalue weighted by Gasteiger charge is 2.20. The van der Waals surface area contributed by atoms with E-state index in [0.717, 1.165) is 33.9 Å². The second-order valence-electron chi connectivity index (χ2n) is 6.32. The first-order chi connectivity index (χ1) is 13.3. The fraction of sp³-hybridized carbons (Fsp3) is 0.300. The molecular formula is C20H25N3O4S. The second-order valence-corrected chi connectivity index (χ2v) is 8.23. The largest absolute Gasteiger partial charge is 0.494 e. The van der Waals surface area contributed by atoms with Gasteiger partial charge in [0.2, 0.25) is 10.0 Å². The molecule has 8 heteroatoms. The number of sulfonamides is 1. The van der Waals surface area contributed by atoms with Crippen LogP contribution in [-0.2, 0) is 14.8 Å². The summed E-state index contributed by atoms with van der Waals surface area (Å²) in [6.45, 7) is 4.19. The molecule has 0 atom stereocenters. The molecule has 0 unspecified atom stereocenters. The molecule has 0 aromatic heterocycles. The Kier molecular flexibility index (Phi) is 7.57. The van der Waals surface area contributed by atoms with Crippen LogP contribution >= 0.6 is 0 Å². The van der Waals surface area contributed by atoms with Gasteiger partial charge < -0.3 is 4.74 Å². The summed E-state index contributed by atoms with van der Waals surface area (Å²) < 4.78 is 30.7. The SMILES string of the molecule is CCCOc1ccc(/C=N\NC(=O)CN(c2cccc(C)c2)S(C)(=O)=O)cc1. The summed E-state index contributed by atoms with van der Waals surface area (Å²) >= 11 is 0. The number of rotatable bonds is 9. The molecule has 0 spiro atoms.